The molecule has 0 spiro atoms. The molecule has 2 N–H and O–H groups in total. The summed E-state index contributed by atoms with van der Waals surface area (Å²) in [4.78, 5) is 0. The van der Waals surface area contributed by atoms with Crippen molar-refractivity contribution in [2.45, 2.75) is 32.9 Å². The van der Waals surface area contributed by atoms with Gasteiger partial charge in [0.2, 0.25) is 0 Å². The molecule has 3 heteroatoms. The van der Waals surface area contributed by atoms with Crippen LogP contribution in [-0.2, 0) is 6.54 Å². The van der Waals surface area contributed by atoms with Gasteiger partial charge in [-0.3, -0.25) is 0 Å². The van der Waals surface area contributed by atoms with Crippen LogP contribution in [-0.4, -0.2) is 17.8 Å². The third kappa shape index (κ3) is 2.51. The van der Waals surface area contributed by atoms with Crippen LogP contribution in [0.1, 0.15) is 24.7 Å². The summed E-state index contributed by atoms with van der Waals surface area (Å²) in [5.41, 5.74) is 2.12. The van der Waals surface area contributed by atoms with Gasteiger partial charge in [0.05, 0.1) is 6.61 Å². The van der Waals surface area contributed by atoms with E-state index < -0.39 is 0 Å². The second-order valence-corrected chi connectivity index (χ2v) is 4.30. The number of furan rings is 1. The molecule has 0 fully saturated rings. The number of fused-ring (bicyclic) bond motifs is 1. The van der Waals surface area contributed by atoms with Gasteiger partial charge in [0.15, 0.2) is 0 Å². The first-order valence-electron chi connectivity index (χ1n) is 6.07. The average molecular weight is 233 g/mol. The number of aliphatic hydroxyl groups excluding tert-OH is 1. The number of rotatable bonds is 5. The Hall–Kier alpha value is -1.32. The molecule has 0 saturated heterocycles. The van der Waals surface area contributed by atoms with Crippen molar-refractivity contribution in [1.82, 2.24) is 5.32 Å². The average Bonchev–Trinajstić information content (AvgIpc) is 2.67. The lowest BCUT2D eigenvalue weighted by Gasteiger charge is -2.13. The Bertz CT molecular complexity index is 486. The first-order chi connectivity index (χ1) is 8.26. The Labute approximate surface area is 101 Å². The van der Waals surface area contributed by atoms with Gasteiger partial charge in [-0.15, -0.1) is 0 Å². The molecule has 0 aliphatic carbocycles. The molecule has 0 unspecified atom stereocenters. The van der Waals surface area contributed by atoms with Crippen LogP contribution in [0.15, 0.2) is 28.7 Å². The summed E-state index contributed by atoms with van der Waals surface area (Å²) in [7, 11) is 0. The van der Waals surface area contributed by atoms with Crippen LogP contribution in [0.25, 0.3) is 11.0 Å². The van der Waals surface area contributed by atoms with E-state index in [2.05, 4.69) is 18.3 Å². The highest BCUT2D eigenvalue weighted by atomic mass is 16.3. The monoisotopic (exact) mass is 233 g/mol. The van der Waals surface area contributed by atoms with Crippen molar-refractivity contribution in [2.75, 3.05) is 6.61 Å². The zero-order valence-corrected chi connectivity index (χ0v) is 10.4. The van der Waals surface area contributed by atoms with Gasteiger partial charge in [-0.2, -0.15) is 0 Å². The van der Waals surface area contributed by atoms with Crippen molar-refractivity contribution >= 4 is 11.0 Å². The molecule has 1 aromatic heterocycles. The number of benzene rings is 1. The Morgan fingerprint density at radius 1 is 1.35 bits per heavy atom. The number of hydrogen-bond donors (Lipinski definition) is 2. The number of nitrogens with one attached hydrogen (secondary N) is 1. The fraction of sp³-hybridized carbons (Fsp3) is 0.429. The number of hydrogen-bond acceptors (Lipinski definition) is 3. The van der Waals surface area contributed by atoms with Gasteiger partial charge >= 0.3 is 0 Å². The molecular formula is C14H19NO2. The molecule has 2 aromatic rings. The summed E-state index contributed by atoms with van der Waals surface area (Å²) >= 11 is 0. The minimum Gasteiger partial charge on any atom is -0.461 e. The summed E-state index contributed by atoms with van der Waals surface area (Å²) in [5, 5.41) is 13.7. The van der Waals surface area contributed by atoms with Crippen molar-refractivity contribution < 1.29 is 9.52 Å². The van der Waals surface area contributed by atoms with Crippen molar-refractivity contribution in [3.8, 4) is 0 Å². The van der Waals surface area contributed by atoms with E-state index in [0.717, 1.165) is 29.7 Å². The maximum Gasteiger partial charge on any atom is 0.134 e. The molecule has 0 bridgehead atoms. The molecule has 0 aliphatic heterocycles. The molecular weight excluding hydrogens is 214 g/mol. The fourth-order valence-corrected chi connectivity index (χ4v) is 2.03. The smallest absolute Gasteiger partial charge is 0.134 e. The maximum atomic E-state index is 9.15. The van der Waals surface area contributed by atoms with Gasteiger partial charge in [0, 0.05) is 23.5 Å². The third-order valence-electron chi connectivity index (χ3n) is 3.18. The van der Waals surface area contributed by atoms with Crippen molar-refractivity contribution in [3.63, 3.8) is 0 Å². The highest BCUT2D eigenvalue weighted by Crippen LogP contribution is 2.25. The van der Waals surface area contributed by atoms with E-state index in [1.54, 1.807) is 0 Å². The van der Waals surface area contributed by atoms with Gasteiger partial charge in [0.1, 0.15) is 11.3 Å². The molecule has 0 aliphatic rings. The predicted octanol–water partition coefficient (Wildman–Crippen LogP) is 2.60. The van der Waals surface area contributed by atoms with E-state index in [1.165, 1.54) is 5.56 Å². The number of para-hydroxylation sites is 1. The highest BCUT2D eigenvalue weighted by Gasteiger charge is 2.11. The molecule has 0 amide bonds. The van der Waals surface area contributed by atoms with Gasteiger partial charge in [-0.05, 0) is 19.4 Å². The largest absolute Gasteiger partial charge is 0.461 e. The van der Waals surface area contributed by atoms with Gasteiger partial charge < -0.3 is 14.8 Å². The zero-order valence-electron chi connectivity index (χ0n) is 10.4. The Kier molecular flexibility index (Phi) is 3.82. The summed E-state index contributed by atoms with van der Waals surface area (Å²) in [6, 6.07) is 8.20. The Balaban J connectivity index is 2.20. The normalized spacial score (nSPS) is 13.1. The Morgan fingerprint density at radius 2 is 2.12 bits per heavy atom. The second-order valence-electron chi connectivity index (χ2n) is 4.30. The quantitative estimate of drug-likeness (QED) is 0.834. The van der Waals surface area contributed by atoms with E-state index in [4.69, 9.17) is 9.52 Å². The van der Waals surface area contributed by atoms with Crippen LogP contribution in [0.2, 0.25) is 0 Å². The van der Waals surface area contributed by atoms with Crippen LogP contribution in [0, 0.1) is 6.92 Å². The minimum atomic E-state index is 0.156. The van der Waals surface area contributed by atoms with E-state index in [1.807, 2.05) is 25.1 Å². The number of aryl methyl sites for hydroxylation is 1. The molecule has 0 saturated carbocycles. The lowest BCUT2D eigenvalue weighted by atomic mass is 10.1. The minimum absolute atomic E-state index is 0.156. The zero-order chi connectivity index (χ0) is 12.3. The van der Waals surface area contributed by atoms with Gasteiger partial charge in [0.25, 0.3) is 0 Å². The summed E-state index contributed by atoms with van der Waals surface area (Å²) in [6.45, 7) is 4.96. The van der Waals surface area contributed by atoms with E-state index >= 15 is 0 Å². The molecule has 2 rings (SSSR count). The molecule has 17 heavy (non-hydrogen) atoms. The Morgan fingerprint density at radius 3 is 2.82 bits per heavy atom. The van der Waals surface area contributed by atoms with Gasteiger partial charge in [-0.25, -0.2) is 0 Å². The first-order valence-corrected chi connectivity index (χ1v) is 6.07. The van der Waals surface area contributed by atoms with Crippen molar-refractivity contribution in [1.29, 1.82) is 0 Å². The van der Waals surface area contributed by atoms with Crippen LogP contribution < -0.4 is 5.32 Å². The molecule has 1 aromatic carbocycles. The van der Waals surface area contributed by atoms with E-state index in [0.29, 0.717) is 0 Å². The standard InChI is InChI=1S/C14H19NO2/c1-3-11(9-16)15-8-13-10(2)17-14-7-5-4-6-12(13)14/h4-7,11,15-16H,3,8-9H2,1-2H3/t11-/m0/s1. The van der Waals surface area contributed by atoms with Crippen LogP contribution in [0.4, 0.5) is 0 Å². The third-order valence-corrected chi connectivity index (χ3v) is 3.18. The lowest BCUT2D eigenvalue weighted by Crippen LogP contribution is -2.31. The lowest BCUT2D eigenvalue weighted by molar-refractivity contribution is 0.238. The van der Waals surface area contributed by atoms with Crippen molar-refractivity contribution in [3.05, 3.63) is 35.6 Å². The second kappa shape index (κ2) is 5.34. The summed E-state index contributed by atoms with van der Waals surface area (Å²) in [6.07, 6.45) is 0.922. The fourth-order valence-electron chi connectivity index (χ4n) is 2.03. The van der Waals surface area contributed by atoms with Crippen LogP contribution in [0.3, 0.4) is 0 Å². The van der Waals surface area contributed by atoms with Crippen molar-refractivity contribution in [2.24, 2.45) is 0 Å². The first kappa shape index (κ1) is 12.1. The SMILES string of the molecule is CC[C@@H](CO)NCc1c(C)oc2ccccc12. The van der Waals surface area contributed by atoms with E-state index in [9.17, 15) is 0 Å². The predicted molar refractivity (Wildman–Crippen MR) is 69.0 cm³/mol. The molecule has 1 atom stereocenters. The van der Waals surface area contributed by atoms with Crippen LogP contribution in [0.5, 0.6) is 0 Å². The topological polar surface area (TPSA) is 45.4 Å². The molecule has 0 radical (unpaired) electrons. The highest BCUT2D eigenvalue weighted by molar-refractivity contribution is 5.82. The van der Waals surface area contributed by atoms with Crippen LogP contribution >= 0.6 is 0 Å². The molecule has 3 nitrogen and oxygen atoms in total. The maximum absolute atomic E-state index is 9.15. The molecule has 1 heterocycles. The molecule has 92 valence electrons. The summed E-state index contributed by atoms with van der Waals surface area (Å²) < 4.78 is 5.70. The number of aliphatic hydroxyl groups is 1. The van der Waals surface area contributed by atoms with Gasteiger partial charge in [-0.1, -0.05) is 25.1 Å². The summed E-state index contributed by atoms with van der Waals surface area (Å²) in [5.74, 6) is 0.950. The van der Waals surface area contributed by atoms with E-state index in [-0.39, 0.29) is 12.6 Å².